The largest absolute Gasteiger partial charge is 0.495 e. The van der Waals surface area contributed by atoms with E-state index in [0.717, 1.165) is 5.56 Å². The van der Waals surface area contributed by atoms with Crippen LogP contribution >= 0.6 is 11.8 Å². The molecule has 0 radical (unpaired) electrons. The monoisotopic (exact) mass is 383 g/mol. The lowest BCUT2D eigenvalue weighted by molar-refractivity contribution is -0.119. The number of carbonyl (C=O) groups excluding carboxylic acids is 1. The molecule has 0 bridgehead atoms. The molecule has 27 heavy (non-hydrogen) atoms. The van der Waals surface area contributed by atoms with E-state index >= 15 is 0 Å². The third kappa shape index (κ3) is 6.02. The van der Waals surface area contributed by atoms with Gasteiger partial charge in [0.1, 0.15) is 5.75 Å². The summed E-state index contributed by atoms with van der Waals surface area (Å²) in [7, 11) is 3.50. The van der Waals surface area contributed by atoms with Crippen LogP contribution in [0.25, 0.3) is 0 Å². The minimum atomic E-state index is -0.0574. The number of likely N-dealkylation sites (N-methyl/N-ethyl adjacent to an activating group) is 1. The summed E-state index contributed by atoms with van der Waals surface area (Å²) in [6.07, 6.45) is 2.32. The van der Waals surface area contributed by atoms with Crippen molar-refractivity contribution in [3.8, 4) is 11.8 Å². The zero-order valence-electron chi connectivity index (χ0n) is 16.0. The molecule has 2 aromatic rings. The fraction of sp³-hybridized carbons (Fsp3) is 0.333. The maximum atomic E-state index is 12.9. The molecular formula is C21H25N3O2S. The lowest BCUT2D eigenvalue weighted by Gasteiger charge is -2.26. The molecule has 0 atom stereocenters. The molecule has 2 aromatic carbocycles. The minimum absolute atomic E-state index is 0.0574. The summed E-state index contributed by atoms with van der Waals surface area (Å²) in [5.41, 5.74) is 1.85. The first-order valence-corrected chi connectivity index (χ1v) is 9.93. The molecule has 5 nitrogen and oxygen atoms in total. The normalized spacial score (nSPS) is 10.5. The van der Waals surface area contributed by atoms with Crippen LogP contribution in [0.15, 0.2) is 53.4 Å². The second-order valence-electron chi connectivity index (χ2n) is 6.15. The number of hydrogen-bond donors (Lipinski definition) is 0. The van der Waals surface area contributed by atoms with Gasteiger partial charge in [-0.3, -0.25) is 9.69 Å². The fourth-order valence-electron chi connectivity index (χ4n) is 2.81. The Balaban J connectivity index is 2.09. The SMILES string of the molecule is COc1ccccc1N(CCC#N)C(=O)CN(C)Cc1ccc(SC)cc1. The summed E-state index contributed by atoms with van der Waals surface area (Å²) in [6.45, 7) is 1.28. The van der Waals surface area contributed by atoms with Crippen LogP contribution in [0.5, 0.6) is 5.75 Å². The van der Waals surface area contributed by atoms with E-state index in [1.807, 2.05) is 42.5 Å². The second kappa shape index (κ2) is 10.6. The highest BCUT2D eigenvalue weighted by atomic mass is 32.2. The van der Waals surface area contributed by atoms with E-state index < -0.39 is 0 Å². The van der Waals surface area contributed by atoms with E-state index in [-0.39, 0.29) is 18.9 Å². The van der Waals surface area contributed by atoms with Crippen LogP contribution in [0.2, 0.25) is 0 Å². The first-order valence-electron chi connectivity index (χ1n) is 8.70. The average molecular weight is 384 g/mol. The predicted molar refractivity (Wildman–Crippen MR) is 110 cm³/mol. The first kappa shape index (κ1) is 20.8. The van der Waals surface area contributed by atoms with Gasteiger partial charge in [-0.2, -0.15) is 5.26 Å². The number of benzene rings is 2. The van der Waals surface area contributed by atoms with Crippen molar-refractivity contribution in [3.05, 3.63) is 54.1 Å². The van der Waals surface area contributed by atoms with Crippen molar-refractivity contribution in [2.45, 2.75) is 17.9 Å². The number of rotatable bonds is 9. The average Bonchev–Trinajstić information content (AvgIpc) is 2.69. The van der Waals surface area contributed by atoms with Crippen molar-refractivity contribution < 1.29 is 9.53 Å². The van der Waals surface area contributed by atoms with E-state index in [2.05, 4.69) is 30.3 Å². The fourth-order valence-corrected chi connectivity index (χ4v) is 3.22. The molecule has 0 spiro atoms. The summed E-state index contributed by atoms with van der Waals surface area (Å²) in [5.74, 6) is 0.567. The standard InChI is InChI=1S/C21H25N3O2S/c1-23(15-17-9-11-18(27-3)12-10-17)16-21(25)24(14-6-13-22)19-7-4-5-8-20(19)26-2/h4-5,7-12H,6,14-16H2,1-3H3. The molecule has 142 valence electrons. The number of methoxy groups -OCH3 is 1. The Bertz CT molecular complexity index is 787. The van der Waals surface area contributed by atoms with Crippen molar-refractivity contribution in [1.82, 2.24) is 4.90 Å². The van der Waals surface area contributed by atoms with Crippen LogP contribution in [0.3, 0.4) is 0 Å². The van der Waals surface area contributed by atoms with Crippen molar-refractivity contribution in [2.75, 3.05) is 38.4 Å². The molecule has 0 fully saturated rings. The van der Waals surface area contributed by atoms with Gasteiger partial charge in [0.05, 0.1) is 31.8 Å². The summed E-state index contributed by atoms with van der Waals surface area (Å²) >= 11 is 1.71. The van der Waals surface area contributed by atoms with Gasteiger partial charge in [0.2, 0.25) is 5.91 Å². The minimum Gasteiger partial charge on any atom is -0.495 e. The van der Waals surface area contributed by atoms with E-state index in [1.165, 1.54) is 4.90 Å². The van der Waals surface area contributed by atoms with E-state index in [0.29, 0.717) is 24.5 Å². The summed E-state index contributed by atoms with van der Waals surface area (Å²) in [5, 5.41) is 8.96. The van der Waals surface area contributed by atoms with E-state index in [4.69, 9.17) is 10.00 Å². The zero-order chi connectivity index (χ0) is 19.6. The Morgan fingerprint density at radius 2 is 1.89 bits per heavy atom. The van der Waals surface area contributed by atoms with E-state index in [1.54, 1.807) is 23.8 Å². The molecule has 0 aliphatic carbocycles. The Hall–Kier alpha value is -2.49. The van der Waals surface area contributed by atoms with Gasteiger partial charge in [0, 0.05) is 18.0 Å². The second-order valence-corrected chi connectivity index (χ2v) is 7.03. The Morgan fingerprint density at radius 1 is 1.19 bits per heavy atom. The molecule has 0 aromatic heterocycles. The van der Waals surface area contributed by atoms with Crippen LogP contribution < -0.4 is 9.64 Å². The molecule has 1 amide bonds. The highest BCUT2D eigenvalue weighted by Crippen LogP contribution is 2.28. The third-order valence-corrected chi connectivity index (χ3v) is 4.88. The molecule has 2 rings (SSSR count). The van der Waals surface area contributed by atoms with Crippen LogP contribution in [-0.2, 0) is 11.3 Å². The number of nitriles is 1. The molecule has 0 unspecified atom stereocenters. The van der Waals surface area contributed by atoms with Gasteiger partial charge < -0.3 is 9.64 Å². The van der Waals surface area contributed by atoms with Crippen LogP contribution in [0.4, 0.5) is 5.69 Å². The van der Waals surface area contributed by atoms with Gasteiger partial charge in [-0.1, -0.05) is 24.3 Å². The summed E-state index contributed by atoms with van der Waals surface area (Å²) in [4.78, 5) is 17.8. The van der Waals surface area contributed by atoms with Crippen LogP contribution in [-0.4, -0.2) is 44.3 Å². The third-order valence-electron chi connectivity index (χ3n) is 4.14. The molecule has 0 N–H and O–H groups in total. The smallest absolute Gasteiger partial charge is 0.241 e. The van der Waals surface area contributed by atoms with Gasteiger partial charge in [0.15, 0.2) is 0 Å². The van der Waals surface area contributed by atoms with Crippen LogP contribution in [0.1, 0.15) is 12.0 Å². The lowest BCUT2D eigenvalue weighted by Crippen LogP contribution is -2.39. The van der Waals surface area contributed by atoms with E-state index in [9.17, 15) is 4.79 Å². The van der Waals surface area contributed by atoms with Gasteiger partial charge in [-0.05, 0) is 43.1 Å². The molecule has 0 saturated carbocycles. The number of hydrogen-bond acceptors (Lipinski definition) is 5. The summed E-state index contributed by atoms with van der Waals surface area (Å²) < 4.78 is 5.39. The van der Waals surface area contributed by atoms with Gasteiger partial charge in [-0.15, -0.1) is 11.8 Å². The quantitative estimate of drug-likeness (QED) is 0.617. The molecule has 0 aliphatic rings. The number of para-hydroxylation sites is 2. The number of thioether (sulfide) groups is 1. The summed E-state index contributed by atoms with van der Waals surface area (Å²) in [6, 6.07) is 17.8. The van der Waals surface area contributed by atoms with Crippen molar-refractivity contribution >= 4 is 23.4 Å². The van der Waals surface area contributed by atoms with Crippen molar-refractivity contribution in [1.29, 1.82) is 5.26 Å². The number of anilines is 1. The number of nitrogens with zero attached hydrogens (tertiary/aromatic N) is 3. The zero-order valence-corrected chi connectivity index (χ0v) is 16.8. The molecule has 0 heterocycles. The maximum Gasteiger partial charge on any atom is 0.241 e. The topological polar surface area (TPSA) is 56.6 Å². The van der Waals surface area contributed by atoms with Gasteiger partial charge in [-0.25, -0.2) is 0 Å². The van der Waals surface area contributed by atoms with Crippen LogP contribution in [0, 0.1) is 11.3 Å². The van der Waals surface area contributed by atoms with Crippen molar-refractivity contribution in [3.63, 3.8) is 0 Å². The molecule has 0 aliphatic heterocycles. The first-order chi connectivity index (χ1) is 13.1. The molecular weight excluding hydrogens is 358 g/mol. The number of ether oxygens (including phenoxy) is 1. The number of amides is 1. The maximum absolute atomic E-state index is 12.9. The number of carbonyl (C=O) groups is 1. The predicted octanol–water partition coefficient (Wildman–Crippen LogP) is 3.80. The molecule has 6 heteroatoms. The van der Waals surface area contributed by atoms with Gasteiger partial charge in [0.25, 0.3) is 0 Å². The Kier molecular flexibility index (Phi) is 8.18. The highest BCUT2D eigenvalue weighted by molar-refractivity contribution is 7.98. The highest BCUT2D eigenvalue weighted by Gasteiger charge is 2.20. The van der Waals surface area contributed by atoms with Crippen molar-refractivity contribution in [2.24, 2.45) is 0 Å². The molecule has 0 saturated heterocycles. The Morgan fingerprint density at radius 3 is 2.52 bits per heavy atom. The van der Waals surface area contributed by atoms with Gasteiger partial charge >= 0.3 is 0 Å². The Labute approximate surface area is 165 Å². The lowest BCUT2D eigenvalue weighted by atomic mass is 10.2.